The van der Waals surface area contributed by atoms with Crippen LogP contribution in [0.2, 0.25) is 0 Å². The van der Waals surface area contributed by atoms with E-state index in [0.29, 0.717) is 0 Å². The van der Waals surface area contributed by atoms with Crippen LogP contribution >= 0.6 is 0 Å². The Morgan fingerprint density at radius 3 is 1.49 bits per heavy atom. The lowest BCUT2D eigenvalue weighted by molar-refractivity contribution is 1.11. The maximum Gasteiger partial charge on any atom is 0.220 e. The molecule has 61 heavy (non-hydrogen) atoms. The van der Waals surface area contributed by atoms with Crippen molar-refractivity contribution in [3.8, 4) is 45.0 Å². The van der Waals surface area contributed by atoms with E-state index >= 15 is 0 Å². The quantitative estimate of drug-likeness (QED) is 0.160. The third-order valence-corrected chi connectivity index (χ3v) is 12.6. The van der Waals surface area contributed by atoms with Gasteiger partial charge in [-0.25, -0.2) is 4.98 Å². The Balaban J connectivity index is 1.11. The molecule has 284 valence electrons. The van der Waals surface area contributed by atoms with Crippen molar-refractivity contribution in [3.05, 3.63) is 218 Å². The molecule has 0 N–H and O–H groups in total. The van der Waals surface area contributed by atoms with Gasteiger partial charge in [0.15, 0.2) is 0 Å². The van der Waals surface area contributed by atoms with Crippen molar-refractivity contribution in [3.63, 3.8) is 0 Å². The number of para-hydroxylation sites is 2. The van der Waals surface area contributed by atoms with Gasteiger partial charge >= 0.3 is 0 Å². The van der Waals surface area contributed by atoms with Gasteiger partial charge in [0.2, 0.25) is 5.78 Å². The van der Waals surface area contributed by atoms with Crippen molar-refractivity contribution in [2.24, 2.45) is 0 Å². The summed E-state index contributed by atoms with van der Waals surface area (Å²) in [5.74, 6) is 0.871. The zero-order valence-corrected chi connectivity index (χ0v) is 33.1. The number of nitrogens with zero attached hydrogens (tertiary/aromatic N) is 4. The summed E-state index contributed by atoms with van der Waals surface area (Å²) in [4.78, 5) is 5.60. The molecule has 0 fully saturated rings. The first-order valence-electron chi connectivity index (χ1n) is 20.9. The highest BCUT2D eigenvalue weighted by Gasteiger charge is 2.24. The molecule has 0 radical (unpaired) electrons. The number of hydrogen-bond donors (Lipinski definition) is 0. The molecule has 0 spiro atoms. The Morgan fingerprint density at radius 1 is 0.279 bits per heavy atom. The monoisotopic (exact) mass is 776 g/mol. The van der Waals surface area contributed by atoms with Crippen molar-refractivity contribution in [1.29, 1.82) is 0 Å². The highest BCUT2D eigenvalue weighted by Crippen LogP contribution is 2.42. The molecule has 0 aliphatic heterocycles. The molecule has 0 aliphatic carbocycles. The van der Waals surface area contributed by atoms with E-state index in [2.05, 4.69) is 232 Å². The second-order valence-corrected chi connectivity index (χ2v) is 16.0. The van der Waals surface area contributed by atoms with Gasteiger partial charge in [0.05, 0.1) is 33.5 Å². The van der Waals surface area contributed by atoms with Gasteiger partial charge in [-0.2, -0.15) is 0 Å². The number of rotatable bonds is 5. The van der Waals surface area contributed by atoms with E-state index in [0.717, 1.165) is 56.3 Å². The SMILES string of the molecule is c1ccc(-c2nc3n(-c4ccc5c6ccccc6c6ccccc6c5c4)c4ccc(-c5ccc6c(c5)c5ccccc5n6-c5ccccc5)cc4n3c2-c2ccccc2)cc1. The third kappa shape index (κ3) is 5.03. The summed E-state index contributed by atoms with van der Waals surface area (Å²) >= 11 is 0. The summed E-state index contributed by atoms with van der Waals surface area (Å²) in [6.07, 6.45) is 0. The van der Waals surface area contributed by atoms with Crippen LogP contribution in [0.1, 0.15) is 0 Å². The van der Waals surface area contributed by atoms with Crippen molar-refractivity contribution in [2.75, 3.05) is 0 Å². The molecule has 0 aliphatic rings. The maximum atomic E-state index is 5.60. The lowest BCUT2D eigenvalue weighted by Gasteiger charge is -2.13. The van der Waals surface area contributed by atoms with Crippen molar-refractivity contribution >= 4 is 70.9 Å². The second kappa shape index (κ2) is 13.2. The average Bonchev–Trinajstić information content (AvgIpc) is 3.99. The Morgan fingerprint density at radius 2 is 0.803 bits per heavy atom. The summed E-state index contributed by atoms with van der Waals surface area (Å²) in [5.41, 5.74) is 13.3. The van der Waals surface area contributed by atoms with Crippen LogP contribution in [0.5, 0.6) is 0 Å². The lowest BCUT2D eigenvalue weighted by Crippen LogP contribution is -1.96. The first-order chi connectivity index (χ1) is 30.3. The number of aromatic nitrogens is 4. The second-order valence-electron chi connectivity index (χ2n) is 16.0. The van der Waals surface area contributed by atoms with Gasteiger partial charge in [0.25, 0.3) is 0 Å². The molecule has 4 heteroatoms. The molecule has 0 atom stereocenters. The van der Waals surface area contributed by atoms with E-state index in [1.54, 1.807) is 0 Å². The van der Waals surface area contributed by atoms with Crippen LogP contribution in [-0.2, 0) is 0 Å². The molecule has 0 bridgehead atoms. The largest absolute Gasteiger partial charge is 0.309 e. The lowest BCUT2D eigenvalue weighted by atomic mass is 9.94. The predicted octanol–water partition coefficient (Wildman–Crippen LogP) is 14.8. The first-order valence-corrected chi connectivity index (χ1v) is 20.9. The Hall–Kier alpha value is -8.21. The van der Waals surface area contributed by atoms with E-state index in [1.165, 1.54) is 59.7 Å². The van der Waals surface area contributed by atoms with Crippen LogP contribution in [0.25, 0.3) is 116 Å². The Kier molecular flexibility index (Phi) is 7.27. The normalized spacial score (nSPS) is 11.9. The van der Waals surface area contributed by atoms with E-state index < -0.39 is 0 Å². The number of hydrogen-bond acceptors (Lipinski definition) is 1. The number of fused-ring (bicyclic) bond motifs is 12. The molecule has 0 saturated heterocycles. The molecule has 13 rings (SSSR count). The molecule has 0 amide bonds. The van der Waals surface area contributed by atoms with Crippen LogP contribution < -0.4 is 0 Å². The zero-order valence-electron chi connectivity index (χ0n) is 33.1. The van der Waals surface area contributed by atoms with Crippen LogP contribution in [0.4, 0.5) is 0 Å². The minimum absolute atomic E-state index is 0.871. The summed E-state index contributed by atoms with van der Waals surface area (Å²) in [7, 11) is 0. The summed E-state index contributed by atoms with van der Waals surface area (Å²) in [6, 6.07) is 79.1. The minimum atomic E-state index is 0.871. The molecule has 10 aromatic carbocycles. The van der Waals surface area contributed by atoms with Gasteiger partial charge in [-0.15, -0.1) is 0 Å². The van der Waals surface area contributed by atoms with E-state index in [4.69, 9.17) is 4.98 Å². The molecule has 3 aromatic heterocycles. The highest BCUT2D eigenvalue weighted by molar-refractivity contribution is 6.25. The van der Waals surface area contributed by atoms with Crippen LogP contribution in [0.3, 0.4) is 0 Å². The minimum Gasteiger partial charge on any atom is -0.309 e. The standard InChI is InChI=1S/C57H36N4/c1-4-16-37(17-5-1)55-56(38-18-6-2-7-19-38)61-54-35-40(39-28-32-52-50(34-39)48-26-14-15-27-51(48)59(52)41-20-8-3-9-21-41)29-33-53(54)60(57(61)58-55)42-30-31-47-45-24-11-10-22-43(45)44-23-12-13-25-46(44)49(47)36-42/h1-36H. The van der Waals surface area contributed by atoms with Gasteiger partial charge in [-0.05, 0) is 98.0 Å². The number of benzene rings is 10. The van der Waals surface area contributed by atoms with Crippen LogP contribution in [0, 0.1) is 0 Å². The fraction of sp³-hybridized carbons (Fsp3) is 0. The first kappa shape index (κ1) is 33.7. The third-order valence-electron chi connectivity index (χ3n) is 12.6. The van der Waals surface area contributed by atoms with Gasteiger partial charge < -0.3 is 4.57 Å². The predicted molar refractivity (Wildman–Crippen MR) is 255 cm³/mol. The van der Waals surface area contributed by atoms with Crippen molar-refractivity contribution in [2.45, 2.75) is 0 Å². The summed E-state index contributed by atoms with van der Waals surface area (Å²) < 4.78 is 7.12. The number of imidazole rings is 2. The zero-order chi connectivity index (χ0) is 40.0. The van der Waals surface area contributed by atoms with Crippen LogP contribution in [0.15, 0.2) is 218 Å². The fourth-order valence-electron chi connectivity index (χ4n) is 9.92. The van der Waals surface area contributed by atoms with Crippen molar-refractivity contribution in [1.82, 2.24) is 18.5 Å². The molecule has 13 aromatic rings. The molecule has 3 heterocycles. The van der Waals surface area contributed by atoms with E-state index in [9.17, 15) is 0 Å². The molecular weight excluding hydrogens is 741 g/mol. The molecule has 0 saturated carbocycles. The van der Waals surface area contributed by atoms with Gasteiger partial charge in [0.1, 0.15) is 0 Å². The maximum absolute atomic E-state index is 5.60. The molecule has 4 nitrogen and oxygen atoms in total. The van der Waals surface area contributed by atoms with E-state index in [1.807, 2.05) is 0 Å². The van der Waals surface area contributed by atoms with Gasteiger partial charge in [-0.1, -0.05) is 164 Å². The molecule has 0 unspecified atom stereocenters. The Labute approximate surface area is 351 Å². The summed E-state index contributed by atoms with van der Waals surface area (Å²) in [5, 5.41) is 9.98. The van der Waals surface area contributed by atoms with Gasteiger partial charge in [0, 0.05) is 33.3 Å². The Bertz CT molecular complexity index is 3820. The fourth-order valence-corrected chi connectivity index (χ4v) is 9.92. The topological polar surface area (TPSA) is 27.2 Å². The van der Waals surface area contributed by atoms with E-state index in [-0.39, 0.29) is 0 Å². The van der Waals surface area contributed by atoms with Crippen LogP contribution in [-0.4, -0.2) is 18.5 Å². The average molecular weight is 777 g/mol. The van der Waals surface area contributed by atoms with Crippen molar-refractivity contribution < 1.29 is 0 Å². The summed E-state index contributed by atoms with van der Waals surface area (Å²) in [6.45, 7) is 0. The molecular formula is C57H36N4. The highest BCUT2D eigenvalue weighted by atomic mass is 15.2. The van der Waals surface area contributed by atoms with Gasteiger partial charge in [-0.3, -0.25) is 8.97 Å². The smallest absolute Gasteiger partial charge is 0.220 e.